The number of phenolic OH excluding ortho intramolecular Hbond substituents is 2. The Bertz CT molecular complexity index is 662. The SMILES string of the molecule is C/N=C1\c2ccc(O)cc2OCC1c1ccc(O)cc1. The number of aromatic hydroxyl groups is 2. The van der Waals surface area contributed by atoms with Crippen LogP contribution in [0.4, 0.5) is 0 Å². The molecule has 0 bridgehead atoms. The van der Waals surface area contributed by atoms with E-state index in [0.717, 1.165) is 16.8 Å². The summed E-state index contributed by atoms with van der Waals surface area (Å²) in [5.41, 5.74) is 2.87. The minimum atomic E-state index is 0.0256. The molecular weight excluding hydrogens is 254 g/mol. The summed E-state index contributed by atoms with van der Waals surface area (Å²) in [7, 11) is 1.75. The number of aliphatic imine (C=N–C) groups is 1. The van der Waals surface area contributed by atoms with E-state index in [4.69, 9.17) is 4.74 Å². The summed E-state index contributed by atoms with van der Waals surface area (Å²) in [6, 6.07) is 12.1. The third-order valence-electron chi connectivity index (χ3n) is 3.51. The van der Waals surface area contributed by atoms with Crippen LogP contribution in [-0.2, 0) is 0 Å². The van der Waals surface area contributed by atoms with Gasteiger partial charge in [-0.25, -0.2) is 0 Å². The predicted molar refractivity (Wildman–Crippen MR) is 76.9 cm³/mol. The number of fused-ring (bicyclic) bond motifs is 1. The lowest BCUT2D eigenvalue weighted by molar-refractivity contribution is 0.300. The molecule has 1 aliphatic heterocycles. The Labute approximate surface area is 117 Å². The maximum absolute atomic E-state index is 9.51. The molecule has 1 heterocycles. The van der Waals surface area contributed by atoms with Gasteiger partial charge in [-0.15, -0.1) is 0 Å². The zero-order valence-corrected chi connectivity index (χ0v) is 11.1. The van der Waals surface area contributed by atoms with Crippen molar-refractivity contribution in [3.05, 3.63) is 53.6 Å². The summed E-state index contributed by atoms with van der Waals surface area (Å²) in [5.74, 6) is 1.10. The molecular formula is C16H15NO3. The molecule has 0 fully saturated rings. The van der Waals surface area contributed by atoms with Crippen LogP contribution in [0.5, 0.6) is 17.2 Å². The zero-order chi connectivity index (χ0) is 14.1. The number of hydrogen-bond acceptors (Lipinski definition) is 4. The van der Waals surface area contributed by atoms with Crippen LogP contribution in [0.15, 0.2) is 47.5 Å². The number of hydrogen-bond donors (Lipinski definition) is 2. The smallest absolute Gasteiger partial charge is 0.132 e. The minimum absolute atomic E-state index is 0.0256. The molecule has 0 amide bonds. The van der Waals surface area contributed by atoms with Crippen LogP contribution in [0.3, 0.4) is 0 Å². The highest BCUT2D eigenvalue weighted by molar-refractivity contribution is 6.08. The maximum Gasteiger partial charge on any atom is 0.132 e. The van der Waals surface area contributed by atoms with Crippen LogP contribution in [0.25, 0.3) is 0 Å². The van der Waals surface area contributed by atoms with Crippen molar-refractivity contribution in [1.29, 1.82) is 0 Å². The first-order valence-electron chi connectivity index (χ1n) is 6.41. The van der Waals surface area contributed by atoms with Crippen molar-refractivity contribution < 1.29 is 14.9 Å². The van der Waals surface area contributed by atoms with Crippen LogP contribution in [0.1, 0.15) is 17.0 Å². The third-order valence-corrected chi connectivity index (χ3v) is 3.51. The molecule has 1 aliphatic rings. The van der Waals surface area contributed by atoms with Crippen molar-refractivity contribution in [3.8, 4) is 17.2 Å². The standard InChI is InChI=1S/C16H15NO3/c1-17-16-13-7-6-12(19)8-15(13)20-9-14(16)10-2-4-11(18)5-3-10/h2-8,14,18-19H,9H2,1H3/b17-16+. The first-order chi connectivity index (χ1) is 9.69. The van der Waals surface area contributed by atoms with Crippen molar-refractivity contribution >= 4 is 5.71 Å². The van der Waals surface area contributed by atoms with Gasteiger partial charge in [0.15, 0.2) is 0 Å². The molecule has 1 atom stereocenters. The van der Waals surface area contributed by atoms with Crippen molar-refractivity contribution in [2.45, 2.75) is 5.92 Å². The number of phenols is 2. The summed E-state index contributed by atoms with van der Waals surface area (Å²) in [5, 5.41) is 18.9. The van der Waals surface area contributed by atoms with Crippen molar-refractivity contribution in [2.75, 3.05) is 13.7 Å². The molecule has 1 unspecified atom stereocenters. The Morgan fingerprint density at radius 3 is 2.45 bits per heavy atom. The summed E-state index contributed by atoms with van der Waals surface area (Å²) >= 11 is 0. The lowest BCUT2D eigenvalue weighted by Crippen LogP contribution is -2.26. The average molecular weight is 269 g/mol. The van der Waals surface area contributed by atoms with Crippen molar-refractivity contribution in [3.63, 3.8) is 0 Å². The normalized spacial score (nSPS) is 19.4. The maximum atomic E-state index is 9.51. The van der Waals surface area contributed by atoms with Crippen LogP contribution in [0, 0.1) is 0 Å². The highest BCUT2D eigenvalue weighted by atomic mass is 16.5. The first-order valence-corrected chi connectivity index (χ1v) is 6.41. The topological polar surface area (TPSA) is 62.1 Å². The second-order valence-corrected chi connectivity index (χ2v) is 4.74. The van der Waals surface area contributed by atoms with Gasteiger partial charge in [-0.2, -0.15) is 0 Å². The molecule has 20 heavy (non-hydrogen) atoms. The van der Waals surface area contributed by atoms with Gasteiger partial charge in [-0.1, -0.05) is 12.1 Å². The van der Waals surface area contributed by atoms with Gasteiger partial charge in [-0.3, -0.25) is 4.99 Å². The monoisotopic (exact) mass is 269 g/mol. The van der Waals surface area contributed by atoms with E-state index >= 15 is 0 Å². The van der Waals surface area contributed by atoms with Crippen molar-refractivity contribution in [2.24, 2.45) is 4.99 Å². The first kappa shape index (κ1) is 12.5. The molecule has 102 valence electrons. The second kappa shape index (κ2) is 4.89. The van der Waals surface area contributed by atoms with E-state index in [2.05, 4.69) is 4.99 Å². The van der Waals surface area contributed by atoms with Gasteiger partial charge in [0, 0.05) is 18.7 Å². The zero-order valence-electron chi connectivity index (χ0n) is 11.1. The van der Waals surface area contributed by atoms with Gasteiger partial charge >= 0.3 is 0 Å². The quantitative estimate of drug-likeness (QED) is 0.836. The van der Waals surface area contributed by atoms with Gasteiger partial charge < -0.3 is 14.9 Å². The van der Waals surface area contributed by atoms with E-state index in [-0.39, 0.29) is 17.4 Å². The highest BCUT2D eigenvalue weighted by Crippen LogP contribution is 2.35. The fourth-order valence-corrected chi connectivity index (χ4v) is 2.52. The molecule has 0 saturated heterocycles. The van der Waals surface area contributed by atoms with E-state index in [9.17, 15) is 10.2 Å². The Kier molecular flexibility index (Phi) is 3.06. The molecule has 2 aromatic carbocycles. The lowest BCUT2D eigenvalue weighted by Gasteiger charge is -2.27. The third kappa shape index (κ3) is 2.09. The largest absolute Gasteiger partial charge is 0.508 e. The van der Waals surface area contributed by atoms with E-state index < -0.39 is 0 Å². The van der Waals surface area contributed by atoms with E-state index in [1.165, 1.54) is 0 Å². The van der Waals surface area contributed by atoms with Gasteiger partial charge in [0.2, 0.25) is 0 Å². The van der Waals surface area contributed by atoms with Crippen LogP contribution < -0.4 is 4.74 Å². The fourth-order valence-electron chi connectivity index (χ4n) is 2.52. The molecule has 2 aromatic rings. The number of benzene rings is 2. The summed E-state index contributed by atoms with van der Waals surface area (Å²) < 4.78 is 5.73. The molecule has 0 aliphatic carbocycles. The van der Waals surface area contributed by atoms with Gasteiger partial charge in [-0.05, 0) is 29.8 Å². The number of nitrogens with zero attached hydrogens (tertiary/aromatic N) is 1. The van der Waals surface area contributed by atoms with Gasteiger partial charge in [0.05, 0.1) is 11.6 Å². The van der Waals surface area contributed by atoms with E-state index in [1.807, 2.05) is 18.2 Å². The molecule has 2 N–H and O–H groups in total. The molecule has 4 nitrogen and oxygen atoms in total. The Hall–Kier alpha value is -2.49. The van der Waals surface area contributed by atoms with Crippen LogP contribution >= 0.6 is 0 Å². The molecule has 0 spiro atoms. The Morgan fingerprint density at radius 1 is 1.05 bits per heavy atom. The molecule has 0 radical (unpaired) electrons. The Balaban J connectivity index is 2.03. The summed E-state index contributed by atoms with van der Waals surface area (Å²) in [4.78, 5) is 4.39. The number of rotatable bonds is 1. The van der Waals surface area contributed by atoms with Gasteiger partial charge in [0.1, 0.15) is 23.9 Å². The summed E-state index contributed by atoms with van der Waals surface area (Å²) in [6.07, 6.45) is 0. The van der Waals surface area contributed by atoms with Crippen molar-refractivity contribution in [1.82, 2.24) is 0 Å². The van der Waals surface area contributed by atoms with E-state index in [0.29, 0.717) is 12.4 Å². The van der Waals surface area contributed by atoms with Gasteiger partial charge in [0.25, 0.3) is 0 Å². The average Bonchev–Trinajstić information content (AvgIpc) is 2.46. The van der Waals surface area contributed by atoms with Crippen LogP contribution in [-0.4, -0.2) is 29.6 Å². The minimum Gasteiger partial charge on any atom is -0.508 e. The molecule has 0 aromatic heterocycles. The predicted octanol–water partition coefficient (Wildman–Crippen LogP) is 2.69. The lowest BCUT2D eigenvalue weighted by atomic mass is 9.88. The fraction of sp³-hybridized carbons (Fsp3) is 0.188. The van der Waals surface area contributed by atoms with Crippen LogP contribution in [0.2, 0.25) is 0 Å². The number of ether oxygens (including phenoxy) is 1. The Morgan fingerprint density at radius 2 is 1.75 bits per heavy atom. The molecule has 4 heteroatoms. The molecule has 3 rings (SSSR count). The highest BCUT2D eigenvalue weighted by Gasteiger charge is 2.28. The summed E-state index contributed by atoms with van der Waals surface area (Å²) in [6.45, 7) is 0.466. The van der Waals surface area contributed by atoms with E-state index in [1.54, 1.807) is 31.3 Å². The second-order valence-electron chi connectivity index (χ2n) is 4.74. The molecule has 0 saturated carbocycles.